The minimum absolute atomic E-state index is 0.0696. The number of carbonyl (C=O) groups is 1. The van der Waals surface area contributed by atoms with Crippen molar-refractivity contribution in [2.24, 2.45) is 0 Å². The Morgan fingerprint density at radius 2 is 1.20 bits per heavy atom. The lowest BCUT2D eigenvalue weighted by molar-refractivity contribution is 0.133. The lowest BCUT2D eigenvalue weighted by atomic mass is 9.81. The van der Waals surface area contributed by atoms with Gasteiger partial charge in [0.05, 0.1) is 6.61 Å². The van der Waals surface area contributed by atoms with Gasteiger partial charge in [0.1, 0.15) is 12.1 Å². The van der Waals surface area contributed by atoms with E-state index in [1.165, 1.54) is 4.90 Å². The fourth-order valence-corrected chi connectivity index (χ4v) is 4.42. The Kier molecular flexibility index (Phi) is 8.11. The maximum absolute atomic E-state index is 13.9. The second-order valence-electron chi connectivity index (χ2n) is 7.86. The molecule has 0 bridgehead atoms. The van der Waals surface area contributed by atoms with Crippen LogP contribution in [0.5, 0.6) is 0 Å². The summed E-state index contributed by atoms with van der Waals surface area (Å²) < 4.78 is 23.0. The quantitative estimate of drug-likeness (QED) is 0.286. The number of hydrogen-bond acceptors (Lipinski definition) is 4. The van der Waals surface area contributed by atoms with Gasteiger partial charge in [-0.25, -0.2) is 4.79 Å². The molecule has 178 valence electrons. The van der Waals surface area contributed by atoms with Crippen LogP contribution >= 0.6 is 8.25 Å². The lowest BCUT2D eigenvalue weighted by Gasteiger charge is -2.43. The fraction of sp³-hybridized carbons (Fsp3) is 0.107. The van der Waals surface area contributed by atoms with Crippen LogP contribution in [0.1, 0.15) is 16.7 Å². The van der Waals surface area contributed by atoms with Gasteiger partial charge in [-0.3, -0.25) is 9.46 Å². The zero-order chi connectivity index (χ0) is 24.5. The number of hydrogen-bond donors (Lipinski definition) is 1. The van der Waals surface area contributed by atoms with E-state index < -0.39 is 19.9 Å². The largest absolute Gasteiger partial charge is 0.444 e. The summed E-state index contributed by atoms with van der Waals surface area (Å²) in [7, 11) is -3.30. The summed E-state index contributed by atoms with van der Waals surface area (Å²) in [4.78, 5) is 25.0. The molecule has 0 heterocycles. The minimum atomic E-state index is -3.30. The molecule has 4 aromatic rings. The van der Waals surface area contributed by atoms with Gasteiger partial charge in [0.25, 0.3) is 0 Å². The number of para-hydroxylation sites is 1. The third-order valence-corrected chi connectivity index (χ3v) is 6.08. The fourth-order valence-electron chi connectivity index (χ4n) is 4.09. The van der Waals surface area contributed by atoms with Gasteiger partial charge in [0.15, 0.2) is 0 Å². The van der Waals surface area contributed by atoms with E-state index in [2.05, 4.69) is 0 Å². The van der Waals surface area contributed by atoms with Gasteiger partial charge in [0.2, 0.25) is 0 Å². The molecule has 35 heavy (non-hydrogen) atoms. The van der Waals surface area contributed by atoms with Crippen LogP contribution in [0, 0.1) is 0 Å². The van der Waals surface area contributed by atoms with Gasteiger partial charge in [-0.2, -0.15) is 0 Å². The predicted molar refractivity (Wildman–Crippen MR) is 136 cm³/mol. The number of carbonyl (C=O) groups excluding carboxylic acids is 1. The molecule has 7 heteroatoms. The molecule has 4 rings (SSSR count). The van der Waals surface area contributed by atoms with Crippen LogP contribution in [0.3, 0.4) is 0 Å². The predicted octanol–water partition coefficient (Wildman–Crippen LogP) is 6.17. The van der Waals surface area contributed by atoms with E-state index in [0.717, 1.165) is 5.56 Å². The Morgan fingerprint density at radius 3 is 1.69 bits per heavy atom. The van der Waals surface area contributed by atoms with Crippen molar-refractivity contribution in [1.29, 1.82) is 0 Å². The van der Waals surface area contributed by atoms with E-state index >= 15 is 0 Å². The van der Waals surface area contributed by atoms with E-state index in [1.807, 2.05) is 109 Å². The average molecular weight is 487 g/mol. The van der Waals surface area contributed by atoms with Gasteiger partial charge in [-0.05, 0) is 28.8 Å². The summed E-state index contributed by atoms with van der Waals surface area (Å²) in [6.45, 7) is -0.190. The van der Waals surface area contributed by atoms with Crippen LogP contribution in [-0.4, -0.2) is 17.6 Å². The van der Waals surface area contributed by atoms with Crippen molar-refractivity contribution < 1.29 is 23.5 Å². The molecule has 0 radical (unpaired) electrons. The highest BCUT2D eigenvalue weighted by molar-refractivity contribution is 7.32. The third kappa shape index (κ3) is 5.69. The van der Waals surface area contributed by atoms with Gasteiger partial charge in [-0.1, -0.05) is 109 Å². The Hall–Kier alpha value is -3.70. The number of anilines is 1. The van der Waals surface area contributed by atoms with Gasteiger partial charge in [0, 0.05) is 5.69 Å². The van der Waals surface area contributed by atoms with Crippen molar-refractivity contribution in [2.75, 3.05) is 11.5 Å². The van der Waals surface area contributed by atoms with Gasteiger partial charge < -0.3 is 14.2 Å². The molecule has 0 spiro atoms. The molecule has 1 N–H and O–H groups in total. The molecule has 0 aliphatic heterocycles. The molecule has 0 fully saturated rings. The van der Waals surface area contributed by atoms with Crippen LogP contribution in [-0.2, 0) is 26.0 Å². The number of ether oxygens (including phenoxy) is 1. The molecular formula is C28H26NO5P. The van der Waals surface area contributed by atoms with Crippen molar-refractivity contribution in [1.82, 2.24) is 0 Å². The normalized spacial score (nSPS) is 12.0. The second kappa shape index (κ2) is 11.6. The molecule has 0 aromatic heterocycles. The maximum Gasteiger partial charge on any atom is 0.415 e. The topological polar surface area (TPSA) is 76.1 Å². The van der Waals surface area contributed by atoms with Crippen molar-refractivity contribution in [3.63, 3.8) is 0 Å². The van der Waals surface area contributed by atoms with Crippen molar-refractivity contribution in [2.45, 2.75) is 12.1 Å². The van der Waals surface area contributed by atoms with Crippen molar-refractivity contribution >= 4 is 20.0 Å². The first-order valence-corrected chi connectivity index (χ1v) is 12.4. The van der Waals surface area contributed by atoms with E-state index in [4.69, 9.17) is 9.26 Å². The minimum Gasteiger partial charge on any atom is -0.444 e. The number of benzene rings is 4. The van der Waals surface area contributed by atoms with Gasteiger partial charge in [-0.15, -0.1) is 0 Å². The van der Waals surface area contributed by atoms with Crippen LogP contribution in [0.2, 0.25) is 0 Å². The van der Waals surface area contributed by atoms with Crippen LogP contribution in [0.25, 0.3) is 0 Å². The summed E-state index contributed by atoms with van der Waals surface area (Å²) in [5.41, 5.74) is 1.51. The highest BCUT2D eigenvalue weighted by Crippen LogP contribution is 2.42. The first-order chi connectivity index (χ1) is 17.1. The average Bonchev–Trinajstić information content (AvgIpc) is 2.92. The van der Waals surface area contributed by atoms with Crippen LogP contribution in [0.15, 0.2) is 121 Å². The summed E-state index contributed by atoms with van der Waals surface area (Å²) in [5, 5.41) is 0. The number of nitrogens with zero attached hydrogens (tertiary/aromatic N) is 1. The Balaban J connectivity index is 1.90. The van der Waals surface area contributed by atoms with Crippen molar-refractivity contribution in [3.8, 4) is 0 Å². The smallest absolute Gasteiger partial charge is 0.415 e. The zero-order valence-electron chi connectivity index (χ0n) is 19.0. The van der Waals surface area contributed by atoms with E-state index in [1.54, 1.807) is 12.1 Å². The first-order valence-electron chi connectivity index (χ1n) is 11.1. The molecule has 0 aliphatic rings. The first kappa shape index (κ1) is 24.4. The summed E-state index contributed by atoms with van der Waals surface area (Å²) >= 11 is 0. The lowest BCUT2D eigenvalue weighted by Crippen LogP contribution is -2.53. The second-order valence-corrected chi connectivity index (χ2v) is 8.68. The number of amides is 1. The molecule has 1 amide bonds. The van der Waals surface area contributed by atoms with Crippen LogP contribution < -0.4 is 4.90 Å². The SMILES string of the molecule is O=C(OCc1ccccc1)N(c1ccccc1)C(CO[PH](=O)O)(c1ccccc1)c1ccccc1. The highest BCUT2D eigenvalue weighted by Gasteiger charge is 2.46. The molecule has 1 unspecified atom stereocenters. The molecule has 0 saturated carbocycles. The maximum atomic E-state index is 13.9. The molecule has 0 saturated heterocycles. The van der Waals surface area contributed by atoms with Gasteiger partial charge >= 0.3 is 14.3 Å². The molecule has 4 aromatic carbocycles. The molecule has 1 atom stereocenters. The Bertz CT molecular complexity index is 1200. The van der Waals surface area contributed by atoms with E-state index in [0.29, 0.717) is 16.8 Å². The molecule has 6 nitrogen and oxygen atoms in total. The highest BCUT2D eigenvalue weighted by atomic mass is 31.1. The molecule has 0 aliphatic carbocycles. The van der Waals surface area contributed by atoms with Crippen LogP contribution in [0.4, 0.5) is 10.5 Å². The Labute approximate surface area is 205 Å². The zero-order valence-corrected chi connectivity index (χ0v) is 20.0. The standard InChI is InChI=1S/C28H26NO5P/c30-27(33-21-23-13-5-1-6-14-23)29(26-19-11-4-12-20-26)28(22-34-35(31)32,24-15-7-2-8-16-24)25-17-9-3-10-18-25/h1-20,35H,21-22H2,(H,31,32). The number of rotatable bonds is 9. The third-order valence-electron chi connectivity index (χ3n) is 5.69. The Morgan fingerprint density at radius 1 is 0.743 bits per heavy atom. The van der Waals surface area contributed by atoms with E-state index in [9.17, 15) is 14.3 Å². The molecular weight excluding hydrogens is 461 g/mol. The van der Waals surface area contributed by atoms with E-state index in [-0.39, 0.29) is 13.2 Å². The summed E-state index contributed by atoms with van der Waals surface area (Å²) in [6, 6.07) is 37.1. The van der Waals surface area contributed by atoms with Crippen molar-refractivity contribution in [3.05, 3.63) is 138 Å². The summed E-state index contributed by atoms with van der Waals surface area (Å²) in [5.74, 6) is 0. The monoisotopic (exact) mass is 487 g/mol. The summed E-state index contributed by atoms with van der Waals surface area (Å²) in [6.07, 6.45) is -0.617.